The highest BCUT2D eigenvalue weighted by molar-refractivity contribution is 7.13. The van der Waals surface area contributed by atoms with E-state index in [2.05, 4.69) is 41.2 Å². The molecule has 0 saturated carbocycles. The molecule has 27 heavy (non-hydrogen) atoms. The Balaban J connectivity index is 1.70. The number of likely N-dealkylation sites (N-methyl/N-ethyl adjacent to an activating group) is 1. The Morgan fingerprint density at radius 3 is 2.30 bits per heavy atom. The second-order valence-electron chi connectivity index (χ2n) is 6.26. The summed E-state index contributed by atoms with van der Waals surface area (Å²) in [4.78, 5) is 19.5. The molecule has 140 valence electrons. The molecule has 0 aliphatic heterocycles. The summed E-state index contributed by atoms with van der Waals surface area (Å²) >= 11 is 1.49. The van der Waals surface area contributed by atoms with Crippen molar-refractivity contribution in [3.05, 3.63) is 77.3 Å². The molecule has 0 spiro atoms. The maximum absolute atomic E-state index is 12.6. The normalized spacial score (nSPS) is 12.1. The van der Waals surface area contributed by atoms with Crippen molar-refractivity contribution in [1.82, 2.24) is 15.2 Å². The molecular weight excluding hydrogens is 354 g/mol. The van der Waals surface area contributed by atoms with Gasteiger partial charge in [0.25, 0.3) is 5.91 Å². The summed E-state index contributed by atoms with van der Waals surface area (Å²) in [6, 6.07) is 20.4. The summed E-state index contributed by atoms with van der Waals surface area (Å²) in [5.74, 6) is -0.124. The molecule has 3 rings (SSSR count). The van der Waals surface area contributed by atoms with Crippen LogP contribution in [0.2, 0.25) is 0 Å². The average Bonchev–Trinajstić information content (AvgIpc) is 3.22. The Kier molecular flexibility index (Phi) is 6.74. The molecule has 1 atom stereocenters. The van der Waals surface area contributed by atoms with Crippen LogP contribution in [-0.4, -0.2) is 35.4 Å². The second kappa shape index (κ2) is 9.44. The first-order valence-corrected chi connectivity index (χ1v) is 10.2. The van der Waals surface area contributed by atoms with Crippen molar-refractivity contribution in [3.63, 3.8) is 0 Å². The van der Waals surface area contributed by atoms with E-state index in [4.69, 9.17) is 0 Å². The number of rotatable bonds is 8. The topological polar surface area (TPSA) is 45.2 Å². The zero-order valence-corrected chi connectivity index (χ0v) is 16.6. The smallest absolute Gasteiger partial charge is 0.270 e. The minimum Gasteiger partial charge on any atom is -0.349 e. The molecule has 1 aromatic heterocycles. The largest absolute Gasteiger partial charge is 0.349 e. The van der Waals surface area contributed by atoms with Gasteiger partial charge in [0, 0.05) is 17.5 Å². The van der Waals surface area contributed by atoms with Crippen molar-refractivity contribution in [2.75, 3.05) is 19.6 Å². The highest BCUT2D eigenvalue weighted by atomic mass is 32.1. The molecule has 0 aliphatic rings. The van der Waals surface area contributed by atoms with Crippen molar-refractivity contribution < 1.29 is 4.79 Å². The van der Waals surface area contributed by atoms with Crippen molar-refractivity contribution in [3.8, 4) is 10.6 Å². The third-order valence-corrected chi connectivity index (χ3v) is 5.54. The zero-order chi connectivity index (χ0) is 19.1. The number of hydrogen-bond acceptors (Lipinski definition) is 4. The first-order chi connectivity index (χ1) is 13.2. The van der Waals surface area contributed by atoms with Crippen molar-refractivity contribution >= 4 is 17.2 Å². The fourth-order valence-corrected chi connectivity index (χ4v) is 3.97. The Morgan fingerprint density at radius 1 is 1.04 bits per heavy atom. The number of hydrogen-bond donors (Lipinski definition) is 1. The van der Waals surface area contributed by atoms with Gasteiger partial charge in [-0.15, -0.1) is 11.3 Å². The van der Waals surface area contributed by atoms with Gasteiger partial charge in [0.15, 0.2) is 0 Å². The fourth-order valence-electron chi connectivity index (χ4n) is 3.17. The predicted octanol–water partition coefficient (Wildman–Crippen LogP) is 4.62. The molecule has 1 N–H and O–H groups in total. The van der Waals surface area contributed by atoms with Crippen LogP contribution in [-0.2, 0) is 0 Å². The van der Waals surface area contributed by atoms with Crippen LogP contribution < -0.4 is 5.32 Å². The van der Waals surface area contributed by atoms with E-state index >= 15 is 0 Å². The highest BCUT2D eigenvalue weighted by Gasteiger charge is 2.20. The van der Waals surface area contributed by atoms with Crippen LogP contribution in [0.4, 0.5) is 0 Å². The van der Waals surface area contributed by atoms with Crippen LogP contribution in [0.1, 0.15) is 35.9 Å². The monoisotopic (exact) mass is 379 g/mol. The molecule has 1 unspecified atom stereocenters. The summed E-state index contributed by atoms with van der Waals surface area (Å²) in [6.45, 7) is 6.71. The van der Waals surface area contributed by atoms with E-state index in [-0.39, 0.29) is 11.9 Å². The van der Waals surface area contributed by atoms with Crippen LogP contribution in [0.25, 0.3) is 10.6 Å². The molecule has 0 aliphatic carbocycles. The standard InChI is InChI=1S/C22H25N3OS/c1-3-25(4-2)20(17-11-7-5-8-12-17)15-23-21(26)19-16-27-22(24-19)18-13-9-6-10-14-18/h5-14,16,20H,3-4,15H2,1-2H3,(H,23,26). The second-order valence-corrected chi connectivity index (χ2v) is 7.12. The van der Waals surface area contributed by atoms with E-state index in [9.17, 15) is 4.79 Å². The molecule has 0 saturated heterocycles. The maximum Gasteiger partial charge on any atom is 0.270 e. The van der Waals surface area contributed by atoms with E-state index in [0.717, 1.165) is 23.7 Å². The Morgan fingerprint density at radius 2 is 1.67 bits per heavy atom. The van der Waals surface area contributed by atoms with Crippen LogP contribution in [0.15, 0.2) is 66.0 Å². The molecule has 0 fully saturated rings. The Bertz CT molecular complexity index is 844. The minimum atomic E-state index is -0.124. The first-order valence-electron chi connectivity index (χ1n) is 9.31. The van der Waals surface area contributed by atoms with E-state index < -0.39 is 0 Å². The average molecular weight is 380 g/mol. The zero-order valence-electron chi connectivity index (χ0n) is 15.8. The summed E-state index contributed by atoms with van der Waals surface area (Å²) in [7, 11) is 0. The van der Waals surface area contributed by atoms with Gasteiger partial charge in [-0.2, -0.15) is 0 Å². The lowest BCUT2D eigenvalue weighted by Crippen LogP contribution is -2.38. The van der Waals surface area contributed by atoms with E-state index in [0.29, 0.717) is 12.2 Å². The van der Waals surface area contributed by atoms with Gasteiger partial charge in [-0.25, -0.2) is 4.98 Å². The van der Waals surface area contributed by atoms with Crippen LogP contribution in [0, 0.1) is 0 Å². The Labute approximate surface area is 164 Å². The van der Waals surface area contributed by atoms with E-state index in [1.165, 1.54) is 16.9 Å². The molecule has 5 heteroatoms. The number of nitrogens with zero attached hydrogens (tertiary/aromatic N) is 2. The van der Waals surface area contributed by atoms with Gasteiger partial charge in [-0.3, -0.25) is 9.69 Å². The lowest BCUT2D eigenvalue weighted by atomic mass is 10.1. The number of benzene rings is 2. The lowest BCUT2D eigenvalue weighted by molar-refractivity contribution is 0.0930. The van der Waals surface area contributed by atoms with Crippen molar-refractivity contribution in [2.45, 2.75) is 19.9 Å². The quantitative estimate of drug-likeness (QED) is 0.621. The number of carbonyl (C=O) groups is 1. The third-order valence-electron chi connectivity index (χ3n) is 4.65. The van der Waals surface area contributed by atoms with Crippen molar-refractivity contribution in [1.29, 1.82) is 0 Å². The van der Waals surface area contributed by atoms with Crippen LogP contribution in [0.5, 0.6) is 0 Å². The maximum atomic E-state index is 12.6. The first kappa shape index (κ1) is 19.3. The number of nitrogens with one attached hydrogen (secondary N) is 1. The summed E-state index contributed by atoms with van der Waals surface area (Å²) in [5.41, 5.74) is 2.72. The minimum absolute atomic E-state index is 0.124. The summed E-state index contributed by atoms with van der Waals surface area (Å²) < 4.78 is 0. The molecule has 1 heterocycles. The Hall–Kier alpha value is -2.50. The van der Waals surface area contributed by atoms with Gasteiger partial charge in [-0.1, -0.05) is 74.5 Å². The van der Waals surface area contributed by atoms with Gasteiger partial charge in [0.05, 0.1) is 6.04 Å². The summed E-state index contributed by atoms with van der Waals surface area (Å²) in [6.07, 6.45) is 0. The molecule has 2 aromatic carbocycles. The van der Waals surface area contributed by atoms with Gasteiger partial charge >= 0.3 is 0 Å². The molecule has 0 radical (unpaired) electrons. The van der Waals surface area contributed by atoms with E-state index in [1.807, 2.05) is 53.9 Å². The van der Waals surface area contributed by atoms with Crippen molar-refractivity contribution in [2.24, 2.45) is 0 Å². The SMILES string of the molecule is CCN(CC)C(CNC(=O)c1csc(-c2ccccc2)n1)c1ccccc1. The van der Waals surface area contributed by atoms with Gasteiger partial charge in [0.1, 0.15) is 10.7 Å². The number of thiazole rings is 1. The van der Waals surface area contributed by atoms with Crippen LogP contribution >= 0.6 is 11.3 Å². The molecular formula is C22H25N3OS. The third kappa shape index (κ3) is 4.81. The van der Waals surface area contributed by atoms with Gasteiger partial charge < -0.3 is 5.32 Å². The number of aromatic nitrogens is 1. The molecule has 4 nitrogen and oxygen atoms in total. The summed E-state index contributed by atoms with van der Waals surface area (Å²) in [5, 5.41) is 5.77. The molecule has 1 amide bonds. The van der Waals surface area contributed by atoms with E-state index in [1.54, 1.807) is 0 Å². The van der Waals surface area contributed by atoms with Gasteiger partial charge in [0.2, 0.25) is 0 Å². The van der Waals surface area contributed by atoms with Crippen LogP contribution in [0.3, 0.4) is 0 Å². The van der Waals surface area contributed by atoms with Gasteiger partial charge in [-0.05, 0) is 18.7 Å². The number of carbonyl (C=O) groups excluding carboxylic acids is 1. The molecule has 3 aromatic rings. The predicted molar refractivity (Wildman–Crippen MR) is 112 cm³/mol. The highest BCUT2D eigenvalue weighted by Crippen LogP contribution is 2.24. The lowest BCUT2D eigenvalue weighted by Gasteiger charge is -2.30. The fraction of sp³-hybridized carbons (Fsp3) is 0.273. The molecule has 0 bridgehead atoms. The number of amides is 1.